The second-order valence-electron chi connectivity index (χ2n) is 6.19. The Balaban J connectivity index is 1.63. The summed E-state index contributed by atoms with van der Waals surface area (Å²) < 4.78 is 5.70. The average molecular weight is 259 g/mol. The van der Waals surface area contributed by atoms with E-state index in [1.165, 1.54) is 49.7 Å². The Hall–Kier alpha value is -0.860. The van der Waals surface area contributed by atoms with Gasteiger partial charge in [-0.3, -0.25) is 0 Å². The quantitative estimate of drug-likeness (QED) is 0.898. The van der Waals surface area contributed by atoms with Gasteiger partial charge >= 0.3 is 0 Å². The topological polar surface area (TPSA) is 35.2 Å². The third kappa shape index (κ3) is 2.85. The van der Waals surface area contributed by atoms with Crippen LogP contribution in [0.3, 0.4) is 0 Å². The lowest BCUT2D eigenvalue weighted by molar-refractivity contribution is 0.0995. The molecule has 0 bridgehead atoms. The summed E-state index contributed by atoms with van der Waals surface area (Å²) in [5, 5.41) is 0. The Morgan fingerprint density at radius 1 is 1.26 bits per heavy atom. The van der Waals surface area contributed by atoms with Gasteiger partial charge in [0.2, 0.25) is 0 Å². The Morgan fingerprint density at radius 3 is 3.00 bits per heavy atom. The zero-order valence-corrected chi connectivity index (χ0v) is 11.7. The highest BCUT2D eigenvalue weighted by molar-refractivity contribution is 5.35. The Morgan fingerprint density at radius 2 is 2.16 bits per heavy atom. The lowest BCUT2D eigenvalue weighted by Crippen LogP contribution is -2.40. The van der Waals surface area contributed by atoms with Crippen LogP contribution in [-0.2, 0) is 16.7 Å². The fourth-order valence-electron chi connectivity index (χ4n) is 3.73. The number of nitrogens with two attached hydrogens (primary N) is 1. The molecule has 0 aromatic heterocycles. The molecule has 2 nitrogen and oxygen atoms in total. The van der Waals surface area contributed by atoms with Crippen LogP contribution in [0.15, 0.2) is 24.3 Å². The van der Waals surface area contributed by atoms with Crippen molar-refractivity contribution >= 4 is 0 Å². The van der Waals surface area contributed by atoms with Gasteiger partial charge in [0.15, 0.2) is 0 Å². The minimum Gasteiger partial charge on any atom is -0.378 e. The summed E-state index contributed by atoms with van der Waals surface area (Å²) >= 11 is 0. The number of fused-ring (bicyclic) bond motifs is 1. The first-order valence-corrected chi connectivity index (χ1v) is 7.77. The molecule has 1 aromatic carbocycles. The number of hydrogen-bond acceptors (Lipinski definition) is 2. The van der Waals surface area contributed by atoms with E-state index >= 15 is 0 Å². The Labute approximate surface area is 116 Å². The van der Waals surface area contributed by atoms with Crippen LogP contribution in [0.5, 0.6) is 0 Å². The normalized spacial score (nSPS) is 30.3. The van der Waals surface area contributed by atoms with Crippen LogP contribution >= 0.6 is 0 Å². The molecular weight excluding hydrogens is 234 g/mol. The highest BCUT2D eigenvalue weighted by Gasteiger charge is 2.32. The van der Waals surface area contributed by atoms with E-state index in [1.54, 1.807) is 0 Å². The van der Waals surface area contributed by atoms with Crippen molar-refractivity contribution in [1.82, 2.24) is 0 Å². The maximum absolute atomic E-state index is 6.71. The molecule has 104 valence electrons. The van der Waals surface area contributed by atoms with E-state index in [0.717, 1.165) is 19.4 Å². The van der Waals surface area contributed by atoms with Crippen LogP contribution in [0.2, 0.25) is 0 Å². The number of benzene rings is 1. The van der Waals surface area contributed by atoms with Gasteiger partial charge in [-0.25, -0.2) is 0 Å². The fourth-order valence-corrected chi connectivity index (χ4v) is 3.73. The largest absolute Gasteiger partial charge is 0.378 e. The minimum atomic E-state index is -0.0898. The van der Waals surface area contributed by atoms with E-state index in [9.17, 15) is 0 Å². The van der Waals surface area contributed by atoms with E-state index in [0.29, 0.717) is 6.10 Å². The summed E-state index contributed by atoms with van der Waals surface area (Å²) in [6.45, 7) is 0.960. The third-order valence-electron chi connectivity index (χ3n) is 4.80. The Bertz CT molecular complexity index is 425. The Kier molecular flexibility index (Phi) is 3.90. The molecule has 1 fully saturated rings. The van der Waals surface area contributed by atoms with Crippen molar-refractivity contribution in [2.24, 2.45) is 5.73 Å². The molecule has 1 heterocycles. The van der Waals surface area contributed by atoms with Gasteiger partial charge in [0, 0.05) is 12.1 Å². The minimum absolute atomic E-state index is 0.0898. The molecule has 1 saturated heterocycles. The van der Waals surface area contributed by atoms with Crippen LogP contribution < -0.4 is 5.73 Å². The summed E-state index contributed by atoms with van der Waals surface area (Å²) in [5.74, 6) is 0. The van der Waals surface area contributed by atoms with Crippen molar-refractivity contribution in [2.45, 2.75) is 63.0 Å². The first-order chi connectivity index (χ1) is 9.28. The van der Waals surface area contributed by atoms with Gasteiger partial charge in [-0.1, -0.05) is 24.3 Å². The fraction of sp³-hybridized carbons (Fsp3) is 0.647. The summed E-state index contributed by atoms with van der Waals surface area (Å²) in [5.41, 5.74) is 9.49. The van der Waals surface area contributed by atoms with Crippen molar-refractivity contribution in [2.75, 3.05) is 6.61 Å². The van der Waals surface area contributed by atoms with Crippen LogP contribution in [0.1, 0.15) is 56.1 Å². The standard InChI is InChI=1S/C17H25NO/c18-17(12-4-8-15-9-5-13-19-15)11-3-7-14-6-1-2-10-16(14)17/h1-2,6,10,15H,3-5,7-9,11-13,18H2. The molecule has 3 rings (SSSR count). The predicted molar refractivity (Wildman–Crippen MR) is 78.1 cm³/mol. The molecular formula is C17H25NO. The molecule has 2 aliphatic rings. The van der Waals surface area contributed by atoms with Crippen LogP contribution in [0.25, 0.3) is 0 Å². The molecule has 0 radical (unpaired) electrons. The molecule has 1 aromatic rings. The predicted octanol–water partition coefficient (Wildman–Crippen LogP) is 3.53. The van der Waals surface area contributed by atoms with Crippen molar-refractivity contribution < 1.29 is 4.74 Å². The number of rotatable bonds is 4. The maximum atomic E-state index is 6.71. The molecule has 19 heavy (non-hydrogen) atoms. The van der Waals surface area contributed by atoms with Crippen molar-refractivity contribution in [3.63, 3.8) is 0 Å². The second kappa shape index (κ2) is 5.64. The van der Waals surface area contributed by atoms with Gasteiger partial charge in [-0.05, 0) is 62.5 Å². The molecule has 2 unspecified atom stereocenters. The van der Waals surface area contributed by atoms with Gasteiger partial charge in [0.25, 0.3) is 0 Å². The van der Waals surface area contributed by atoms with Gasteiger partial charge in [0.1, 0.15) is 0 Å². The number of aryl methyl sites for hydroxylation is 1. The third-order valence-corrected chi connectivity index (χ3v) is 4.80. The van der Waals surface area contributed by atoms with E-state index in [4.69, 9.17) is 10.5 Å². The van der Waals surface area contributed by atoms with Gasteiger partial charge < -0.3 is 10.5 Å². The highest BCUT2D eigenvalue weighted by Crippen LogP contribution is 2.37. The van der Waals surface area contributed by atoms with Crippen molar-refractivity contribution in [3.05, 3.63) is 35.4 Å². The molecule has 2 atom stereocenters. The van der Waals surface area contributed by atoms with E-state index in [1.807, 2.05) is 0 Å². The smallest absolute Gasteiger partial charge is 0.0576 e. The van der Waals surface area contributed by atoms with Crippen LogP contribution in [0.4, 0.5) is 0 Å². The molecule has 1 aliphatic heterocycles. The number of ether oxygens (including phenoxy) is 1. The van der Waals surface area contributed by atoms with E-state index in [2.05, 4.69) is 24.3 Å². The lowest BCUT2D eigenvalue weighted by Gasteiger charge is -2.36. The zero-order valence-electron chi connectivity index (χ0n) is 11.7. The van der Waals surface area contributed by atoms with E-state index < -0.39 is 0 Å². The monoisotopic (exact) mass is 259 g/mol. The van der Waals surface area contributed by atoms with Gasteiger partial charge in [-0.15, -0.1) is 0 Å². The first kappa shape index (κ1) is 13.1. The van der Waals surface area contributed by atoms with Crippen LogP contribution in [0, 0.1) is 0 Å². The average Bonchev–Trinajstić information content (AvgIpc) is 2.93. The molecule has 0 spiro atoms. The van der Waals surface area contributed by atoms with Crippen molar-refractivity contribution in [1.29, 1.82) is 0 Å². The summed E-state index contributed by atoms with van der Waals surface area (Å²) in [7, 11) is 0. The molecule has 1 aliphatic carbocycles. The molecule has 2 heteroatoms. The van der Waals surface area contributed by atoms with E-state index in [-0.39, 0.29) is 5.54 Å². The van der Waals surface area contributed by atoms with Gasteiger partial charge in [-0.2, -0.15) is 0 Å². The second-order valence-corrected chi connectivity index (χ2v) is 6.19. The molecule has 0 amide bonds. The SMILES string of the molecule is NC1(CCCC2CCCO2)CCCc2ccccc21. The van der Waals surface area contributed by atoms with Crippen molar-refractivity contribution in [3.8, 4) is 0 Å². The molecule has 0 saturated carbocycles. The summed E-state index contributed by atoms with van der Waals surface area (Å²) in [4.78, 5) is 0. The summed E-state index contributed by atoms with van der Waals surface area (Å²) in [6.07, 6.45) is 10.0. The highest BCUT2D eigenvalue weighted by atomic mass is 16.5. The molecule has 2 N–H and O–H groups in total. The maximum Gasteiger partial charge on any atom is 0.0576 e. The van der Waals surface area contributed by atoms with Gasteiger partial charge in [0.05, 0.1) is 6.10 Å². The zero-order chi connectivity index (χ0) is 13.1. The first-order valence-electron chi connectivity index (χ1n) is 7.77. The number of hydrogen-bond donors (Lipinski definition) is 1. The lowest BCUT2D eigenvalue weighted by atomic mass is 9.74. The summed E-state index contributed by atoms with van der Waals surface area (Å²) in [6, 6.07) is 8.75. The van der Waals surface area contributed by atoms with Crippen LogP contribution in [-0.4, -0.2) is 12.7 Å².